The van der Waals surface area contributed by atoms with Crippen LogP contribution in [0.25, 0.3) is 0 Å². The first-order valence-corrected chi connectivity index (χ1v) is 9.95. The average Bonchev–Trinajstić information content (AvgIpc) is 3.11. The molecule has 0 aliphatic carbocycles. The molecule has 29 heavy (non-hydrogen) atoms. The van der Waals surface area contributed by atoms with Crippen molar-refractivity contribution in [3.8, 4) is 5.75 Å². The van der Waals surface area contributed by atoms with Gasteiger partial charge in [-0.3, -0.25) is 14.5 Å². The minimum absolute atomic E-state index is 0.0366. The number of ether oxygens (including phenoxy) is 1. The summed E-state index contributed by atoms with van der Waals surface area (Å²) in [6.07, 6.45) is 2.23. The van der Waals surface area contributed by atoms with Crippen molar-refractivity contribution in [3.63, 3.8) is 0 Å². The van der Waals surface area contributed by atoms with Crippen LogP contribution >= 0.6 is 0 Å². The number of carbonyl (C=O) groups is 2. The molecule has 0 saturated carbocycles. The Kier molecular flexibility index (Phi) is 5.96. The third-order valence-electron chi connectivity index (χ3n) is 4.85. The van der Waals surface area contributed by atoms with Crippen molar-refractivity contribution in [1.82, 2.24) is 10.3 Å². The van der Waals surface area contributed by atoms with E-state index in [1.165, 1.54) is 6.26 Å². The molecule has 2 amide bonds. The van der Waals surface area contributed by atoms with Crippen LogP contribution in [0.2, 0.25) is 0 Å². The zero-order valence-corrected chi connectivity index (χ0v) is 17.7. The van der Waals surface area contributed by atoms with E-state index < -0.39 is 0 Å². The van der Waals surface area contributed by atoms with Crippen molar-refractivity contribution < 1.29 is 18.7 Å². The molecule has 1 N–H and O–H groups in total. The zero-order chi connectivity index (χ0) is 21.2. The normalized spacial score (nSPS) is 14.0. The summed E-state index contributed by atoms with van der Waals surface area (Å²) < 4.78 is 11.0. The van der Waals surface area contributed by atoms with Crippen LogP contribution in [0.4, 0.5) is 5.69 Å². The van der Waals surface area contributed by atoms with Gasteiger partial charge in [-0.1, -0.05) is 40.7 Å². The van der Waals surface area contributed by atoms with Crippen LogP contribution < -0.4 is 15.0 Å². The standard InChI is InChI=1S/C22H29N3O4/c1-14(2)8-9-23-21(27)16-12-29-19(24-16)11-25-17-10-15(22(3,4)5)6-7-18(17)28-13-20(25)26/h6-7,10,12,14H,8-9,11,13H2,1-5H3,(H,23,27). The van der Waals surface area contributed by atoms with E-state index in [1.54, 1.807) is 4.90 Å². The molecule has 1 aromatic carbocycles. The maximum atomic E-state index is 12.5. The summed E-state index contributed by atoms with van der Waals surface area (Å²) in [7, 11) is 0. The minimum Gasteiger partial charge on any atom is -0.482 e. The molecule has 0 atom stereocenters. The number of fused-ring (bicyclic) bond motifs is 1. The fourth-order valence-corrected chi connectivity index (χ4v) is 3.03. The summed E-state index contributed by atoms with van der Waals surface area (Å²) >= 11 is 0. The molecule has 0 radical (unpaired) electrons. The van der Waals surface area contributed by atoms with E-state index in [-0.39, 0.29) is 36.1 Å². The molecule has 1 aromatic heterocycles. The maximum Gasteiger partial charge on any atom is 0.273 e. The Hall–Kier alpha value is -2.83. The van der Waals surface area contributed by atoms with Crippen LogP contribution in [-0.2, 0) is 16.8 Å². The largest absolute Gasteiger partial charge is 0.482 e. The van der Waals surface area contributed by atoms with E-state index in [2.05, 4.69) is 44.9 Å². The van der Waals surface area contributed by atoms with Gasteiger partial charge in [0, 0.05) is 6.54 Å². The second-order valence-electron chi connectivity index (χ2n) is 8.77. The number of amides is 2. The summed E-state index contributed by atoms with van der Waals surface area (Å²) in [6, 6.07) is 5.87. The molecule has 0 unspecified atom stereocenters. The van der Waals surface area contributed by atoms with Crippen molar-refractivity contribution in [1.29, 1.82) is 0 Å². The van der Waals surface area contributed by atoms with E-state index in [1.807, 2.05) is 18.2 Å². The molecule has 0 saturated heterocycles. The van der Waals surface area contributed by atoms with Crippen molar-refractivity contribution >= 4 is 17.5 Å². The Balaban J connectivity index is 1.76. The summed E-state index contributed by atoms with van der Waals surface area (Å²) in [4.78, 5) is 30.6. The Labute approximate surface area is 171 Å². The number of nitrogens with zero attached hydrogens (tertiary/aromatic N) is 2. The molecular formula is C22H29N3O4. The van der Waals surface area contributed by atoms with Crippen molar-refractivity contribution in [2.45, 2.75) is 53.0 Å². The van der Waals surface area contributed by atoms with Gasteiger partial charge in [0.2, 0.25) is 5.89 Å². The number of anilines is 1. The molecule has 0 bridgehead atoms. The lowest BCUT2D eigenvalue weighted by Gasteiger charge is -2.30. The number of benzene rings is 1. The van der Waals surface area contributed by atoms with Crippen molar-refractivity contribution in [3.05, 3.63) is 41.6 Å². The molecule has 7 nitrogen and oxygen atoms in total. The van der Waals surface area contributed by atoms with Gasteiger partial charge >= 0.3 is 0 Å². The summed E-state index contributed by atoms with van der Waals surface area (Å²) in [6.45, 7) is 11.2. The van der Waals surface area contributed by atoms with Gasteiger partial charge < -0.3 is 14.5 Å². The monoisotopic (exact) mass is 399 g/mol. The lowest BCUT2D eigenvalue weighted by Crippen LogP contribution is -2.38. The van der Waals surface area contributed by atoms with Crippen LogP contribution in [0.3, 0.4) is 0 Å². The smallest absolute Gasteiger partial charge is 0.273 e. The van der Waals surface area contributed by atoms with Gasteiger partial charge in [-0.2, -0.15) is 0 Å². The fourth-order valence-electron chi connectivity index (χ4n) is 3.03. The van der Waals surface area contributed by atoms with Gasteiger partial charge in [0.05, 0.1) is 5.69 Å². The Morgan fingerprint density at radius 1 is 1.31 bits per heavy atom. The van der Waals surface area contributed by atoms with Gasteiger partial charge in [0.25, 0.3) is 11.8 Å². The highest BCUT2D eigenvalue weighted by Crippen LogP contribution is 2.37. The first kappa shape index (κ1) is 20.9. The SMILES string of the molecule is CC(C)CCNC(=O)c1coc(CN2C(=O)COc3ccc(C(C)(C)C)cc32)n1. The molecule has 3 rings (SSSR count). The molecule has 1 aliphatic rings. The van der Waals surface area contributed by atoms with Gasteiger partial charge in [-0.25, -0.2) is 4.98 Å². The van der Waals surface area contributed by atoms with Crippen molar-refractivity contribution in [2.24, 2.45) is 5.92 Å². The van der Waals surface area contributed by atoms with Crippen LogP contribution in [0, 0.1) is 5.92 Å². The number of aromatic nitrogens is 1. The molecular weight excluding hydrogens is 370 g/mol. The second kappa shape index (κ2) is 8.27. The van der Waals surface area contributed by atoms with Crippen molar-refractivity contribution in [2.75, 3.05) is 18.1 Å². The number of hydrogen-bond donors (Lipinski definition) is 1. The van der Waals surface area contributed by atoms with E-state index in [0.717, 1.165) is 12.0 Å². The quantitative estimate of drug-likeness (QED) is 0.801. The highest BCUT2D eigenvalue weighted by molar-refractivity contribution is 5.98. The Bertz CT molecular complexity index is 896. The predicted octanol–water partition coefficient (Wildman–Crippen LogP) is 3.67. The van der Waals surface area contributed by atoms with E-state index in [0.29, 0.717) is 29.8 Å². The molecule has 0 spiro atoms. The van der Waals surface area contributed by atoms with Crippen LogP contribution in [0.5, 0.6) is 5.75 Å². The summed E-state index contributed by atoms with van der Waals surface area (Å²) in [5.41, 5.74) is 1.94. The number of carbonyl (C=O) groups excluding carboxylic acids is 2. The number of rotatable bonds is 6. The second-order valence-corrected chi connectivity index (χ2v) is 8.77. The molecule has 2 aromatic rings. The fraction of sp³-hybridized carbons (Fsp3) is 0.500. The van der Waals surface area contributed by atoms with Crippen LogP contribution in [0.1, 0.15) is 63.0 Å². The van der Waals surface area contributed by atoms with Gasteiger partial charge in [0.1, 0.15) is 18.6 Å². The highest BCUT2D eigenvalue weighted by Gasteiger charge is 2.29. The van der Waals surface area contributed by atoms with Crippen LogP contribution in [-0.4, -0.2) is 29.9 Å². The van der Waals surface area contributed by atoms with Gasteiger partial charge in [-0.05, 0) is 35.4 Å². The number of nitrogens with one attached hydrogen (secondary N) is 1. The van der Waals surface area contributed by atoms with E-state index in [9.17, 15) is 9.59 Å². The first-order valence-electron chi connectivity index (χ1n) is 9.95. The summed E-state index contributed by atoms with van der Waals surface area (Å²) in [5, 5.41) is 2.83. The van der Waals surface area contributed by atoms with Gasteiger partial charge in [-0.15, -0.1) is 0 Å². The maximum absolute atomic E-state index is 12.5. The zero-order valence-electron chi connectivity index (χ0n) is 17.7. The average molecular weight is 399 g/mol. The lowest BCUT2D eigenvalue weighted by atomic mass is 9.86. The predicted molar refractivity (Wildman–Crippen MR) is 110 cm³/mol. The molecule has 2 heterocycles. The molecule has 1 aliphatic heterocycles. The summed E-state index contributed by atoms with van der Waals surface area (Å²) in [5.74, 6) is 1.01. The highest BCUT2D eigenvalue weighted by atomic mass is 16.5. The van der Waals surface area contributed by atoms with Gasteiger partial charge in [0.15, 0.2) is 12.3 Å². The third-order valence-corrected chi connectivity index (χ3v) is 4.85. The minimum atomic E-state index is -0.274. The Morgan fingerprint density at radius 2 is 2.07 bits per heavy atom. The topological polar surface area (TPSA) is 84.7 Å². The number of oxazole rings is 1. The molecule has 156 valence electrons. The van der Waals surface area contributed by atoms with Crippen LogP contribution in [0.15, 0.2) is 28.9 Å². The Morgan fingerprint density at radius 3 is 2.76 bits per heavy atom. The molecule has 7 heteroatoms. The van der Waals surface area contributed by atoms with E-state index >= 15 is 0 Å². The number of hydrogen-bond acceptors (Lipinski definition) is 5. The molecule has 0 fully saturated rings. The third kappa shape index (κ3) is 4.96. The van der Waals surface area contributed by atoms with E-state index in [4.69, 9.17) is 9.15 Å². The lowest BCUT2D eigenvalue weighted by molar-refractivity contribution is -0.121. The first-order chi connectivity index (χ1) is 13.6.